The number of aliphatic hydroxyl groups is 3. The number of ether oxygens (including phenoxy) is 3. The molecule has 1 aromatic carbocycles. The summed E-state index contributed by atoms with van der Waals surface area (Å²) in [6.45, 7) is 0. The third kappa shape index (κ3) is 4.41. The predicted octanol–water partition coefficient (Wildman–Crippen LogP) is -1.02. The Bertz CT molecular complexity index is 660. The van der Waals surface area contributed by atoms with E-state index in [1.165, 1.54) is 19.2 Å². The molecule has 1 fully saturated rings. The van der Waals surface area contributed by atoms with Crippen molar-refractivity contribution in [1.29, 1.82) is 0 Å². The van der Waals surface area contributed by atoms with Crippen molar-refractivity contribution in [2.45, 2.75) is 43.5 Å². The average Bonchev–Trinajstić information content (AvgIpc) is 2.60. The maximum atomic E-state index is 11.1. The molecule has 10 nitrogen and oxygen atoms in total. The Kier molecular flexibility index (Phi) is 6.37. The van der Waals surface area contributed by atoms with Crippen LogP contribution in [0.4, 0.5) is 0 Å². The largest absolute Gasteiger partial charge is 0.493 e. The number of carboxylic acids is 2. The summed E-state index contributed by atoms with van der Waals surface area (Å²) in [7, 11) is 1.35. The molecule has 0 saturated carbocycles. The number of hydrogen-bond donors (Lipinski definition) is 5. The molecule has 5 N–H and O–H groups in total. The third-order valence-corrected chi connectivity index (χ3v) is 3.91. The second-order valence-corrected chi connectivity index (χ2v) is 5.73. The van der Waals surface area contributed by atoms with Gasteiger partial charge in [0.2, 0.25) is 6.29 Å². The Morgan fingerprint density at radius 2 is 1.77 bits per heavy atom. The van der Waals surface area contributed by atoms with Gasteiger partial charge in [-0.15, -0.1) is 0 Å². The second kappa shape index (κ2) is 8.32. The molecule has 0 aliphatic carbocycles. The summed E-state index contributed by atoms with van der Waals surface area (Å²) in [5, 5.41) is 47.2. The molecule has 1 aliphatic rings. The molecule has 0 aromatic heterocycles. The quantitative estimate of drug-likeness (QED) is 0.400. The zero-order chi connectivity index (χ0) is 19.4. The van der Waals surface area contributed by atoms with Crippen LogP contribution in [0.2, 0.25) is 0 Å². The lowest BCUT2D eigenvalue weighted by Gasteiger charge is -2.38. The number of rotatable bonds is 7. The first-order valence-corrected chi connectivity index (χ1v) is 7.72. The standard InChI is InChI=1S/C16H20O10/c1-24-9-6-7(3-5-10(17)18)2-4-8(9)25-16-13(21)11(19)12(20)14(26-16)15(22)23/h2,4,6,11-14,16,19-21H,3,5H2,1H3,(H,17,18)(H,22,23)/t11-,12-,13+,14-,16+/m1/s1. The van der Waals surface area contributed by atoms with Gasteiger partial charge in [0.15, 0.2) is 17.6 Å². The monoisotopic (exact) mass is 372 g/mol. The maximum absolute atomic E-state index is 11.1. The molecule has 144 valence electrons. The van der Waals surface area contributed by atoms with Crippen molar-refractivity contribution in [2.24, 2.45) is 0 Å². The molecule has 5 atom stereocenters. The molecule has 2 rings (SSSR count). The lowest BCUT2D eigenvalue weighted by Crippen LogP contribution is -2.61. The topological polar surface area (TPSA) is 163 Å². The third-order valence-electron chi connectivity index (χ3n) is 3.91. The smallest absolute Gasteiger partial charge is 0.335 e. The van der Waals surface area contributed by atoms with Crippen LogP contribution >= 0.6 is 0 Å². The van der Waals surface area contributed by atoms with Crippen molar-refractivity contribution in [2.75, 3.05) is 7.11 Å². The first kappa shape index (κ1) is 19.9. The highest BCUT2D eigenvalue weighted by Gasteiger charge is 2.48. The van der Waals surface area contributed by atoms with Crippen LogP contribution in [0.1, 0.15) is 12.0 Å². The molecule has 0 unspecified atom stereocenters. The van der Waals surface area contributed by atoms with Gasteiger partial charge in [-0.05, 0) is 24.1 Å². The van der Waals surface area contributed by atoms with E-state index in [0.717, 1.165) is 0 Å². The van der Waals surface area contributed by atoms with Crippen molar-refractivity contribution < 1.29 is 49.3 Å². The summed E-state index contributed by atoms with van der Waals surface area (Å²) in [5.74, 6) is -2.18. The normalized spacial score (nSPS) is 28.4. The zero-order valence-corrected chi connectivity index (χ0v) is 13.8. The van der Waals surface area contributed by atoms with E-state index in [0.29, 0.717) is 5.56 Å². The fourth-order valence-corrected chi connectivity index (χ4v) is 2.49. The molecule has 10 heteroatoms. The Morgan fingerprint density at radius 1 is 1.08 bits per heavy atom. The van der Waals surface area contributed by atoms with Crippen molar-refractivity contribution >= 4 is 11.9 Å². The highest BCUT2D eigenvalue weighted by Crippen LogP contribution is 2.32. The van der Waals surface area contributed by atoms with Crippen LogP contribution in [-0.2, 0) is 20.7 Å². The van der Waals surface area contributed by atoms with E-state index in [4.69, 9.17) is 24.4 Å². The van der Waals surface area contributed by atoms with Crippen molar-refractivity contribution in [1.82, 2.24) is 0 Å². The number of aliphatic carboxylic acids is 2. The molecule has 0 spiro atoms. The molecular formula is C16H20O10. The van der Waals surface area contributed by atoms with E-state index in [1.807, 2.05) is 0 Å². The molecular weight excluding hydrogens is 352 g/mol. The van der Waals surface area contributed by atoms with Crippen LogP contribution in [0.15, 0.2) is 18.2 Å². The Hall–Kier alpha value is -2.40. The first-order valence-electron chi connectivity index (χ1n) is 7.72. The fourth-order valence-electron chi connectivity index (χ4n) is 2.49. The van der Waals surface area contributed by atoms with Crippen LogP contribution in [0.25, 0.3) is 0 Å². The summed E-state index contributed by atoms with van der Waals surface area (Å²) < 4.78 is 15.6. The molecule has 1 heterocycles. The van der Waals surface area contributed by atoms with Gasteiger partial charge < -0.3 is 39.7 Å². The first-order chi connectivity index (χ1) is 12.2. The predicted molar refractivity (Wildman–Crippen MR) is 83.9 cm³/mol. The minimum absolute atomic E-state index is 0.0712. The van der Waals surface area contributed by atoms with Crippen molar-refractivity contribution in [3.05, 3.63) is 23.8 Å². The van der Waals surface area contributed by atoms with Gasteiger partial charge in [-0.2, -0.15) is 0 Å². The van der Waals surface area contributed by atoms with Gasteiger partial charge in [-0.25, -0.2) is 4.79 Å². The Morgan fingerprint density at radius 3 is 2.35 bits per heavy atom. The Balaban J connectivity index is 2.18. The van der Waals surface area contributed by atoms with E-state index in [9.17, 15) is 24.9 Å². The summed E-state index contributed by atoms with van der Waals surface area (Å²) in [4.78, 5) is 21.7. The summed E-state index contributed by atoms with van der Waals surface area (Å²) in [5.41, 5.74) is 0.667. The number of benzene rings is 1. The van der Waals surface area contributed by atoms with E-state index in [1.54, 1.807) is 6.07 Å². The van der Waals surface area contributed by atoms with Crippen LogP contribution in [0.3, 0.4) is 0 Å². The highest BCUT2D eigenvalue weighted by atomic mass is 16.7. The molecule has 0 amide bonds. The van der Waals surface area contributed by atoms with E-state index in [-0.39, 0.29) is 24.3 Å². The van der Waals surface area contributed by atoms with Crippen LogP contribution in [-0.4, -0.2) is 75.3 Å². The van der Waals surface area contributed by atoms with Crippen molar-refractivity contribution in [3.63, 3.8) is 0 Å². The Labute approximate surface area is 148 Å². The van der Waals surface area contributed by atoms with E-state index >= 15 is 0 Å². The molecule has 1 saturated heterocycles. The number of hydrogen-bond acceptors (Lipinski definition) is 8. The van der Waals surface area contributed by atoms with Gasteiger partial charge in [0.1, 0.15) is 18.3 Å². The van der Waals surface area contributed by atoms with Gasteiger partial charge in [-0.1, -0.05) is 6.07 Å². The van der Waals surface area contributed by atoms with Gasteiger partial charge in [0.05, 0.1) is 7.11 Å². The summed E-state index contributed by atoms with van der Waals surface area (Å²) in [6, 6.07) is 4.56. The minimum Gasteiger partial charge on any atom is -0.493 e. The van der Waals surface area contributed by atoms with Crippen molar-refractivity contribution in [3.8, 4) is 11.5 Å². The maximum Gasteiger partial charge on any atom is 0.335 e. The molecule has 1 aliphatic heterocycles. The molecule has 1 aromatic rings. The van der Waals surface area contributed by atoms with Gasteiger partial charge >= 0.3 is 11.9 Å². The van der Waals surface area contributed by atoms with Gasteiger partial charge in [-0.3, -0.25) is 4.79 Å². The minimum atomic E-state index is -1.82. The van der Waals surface area contributed by atoms with Crippen LogP contribution in [0.5, 0.6) is 11.5 Å². The number of carbonyl (C=O) groups is 2. The van der Waals surface area contributed by atoms with Gasteiger partial charge in [0, 0.05) is 6.42 Å². The lowest BCUT2D eigenvalue weighted by molar-refractivity contribution is -0.271. The zero-order valence-electron chi connectivity index (χ0n) is 13.8. The van der Waals surface area contributed by atoms with E-state index < -0.39 is 42.6 Å². The van der Waals surface area contributed by atoms with Gasteiger partial charge in [0.25, 0.3) is 0 Å². The average molecular weight is 372 g/mol. The number of carboxylic acid groups (broad SMARTS) is 2. The van der Waals surface area contributed by atoms with Crippen LogP contribution in [0, 0.1) is 0 Å². The SMILES string of the molecule is COc1cc(CCC(=O)O)ccc1O[C@H]1O[C@@H](C(=O)O)[C@H](O)[C@@H](O)[C@@H]1O. The highest BCUT2D eigenvalue weighted by molar-refractivity contribution is 5.73. The molecule has 26 heavy (non-hydrogen) atoms. The second-order valence-electron chi connectivity index (χ2n) is 5.73. The summed E-state index contributed by atoms with van der Waals surface area (Å²) >= 11 is 0. The lowest BCUT2D eigenvalue weighted by atomic mass is 9.99. The molecule has 0 bridgehead atoms. The van der Waals surface area contributed by atoms with E-state index in [2.05, 4.69) is 0 Å². The number of aliphatic hydroxyl groups excluding tert-OH is 3. The molecule has 0 radical (unpaired) electrons. The summed E-state index contributed by atoms with van der Waals surface area (Å²) in [6.07, 6.45) is -8.44. The number of aryl methyl sites for hydroxylation is 1. The fraction of sp³-hybridized carbons (Fsp3) is 0.500. The number of methoxy groups -OCH3 is 1. The van der Waals surface area contributed by atoms with Crippen LogP contribution < -0.4 is 9.47 Å².